The fourth-order valence-electron chi connectivity index (χ4n) is 2.09. The van der Waals surface area contributed by atoms with Gasteiger partial charge in [0.15, 0.2) is 0 Å². The number of carboxylic acids is 1. The number of aliphatic carboxylic acids is 1. The first-order chi connectivity index (χ1) is 7.99. The van der Waals surface area contributed by atoms with Crippen molar-refractivity contribution in [1.29, 1.82) is 0 Å². The Bertz CT molecular complexity index is 487. The van der Waals surface area contributed by atoms with Crippen LogP contribution in [0.2, 0.25) is 0 Å². The van der Waals surface area contributed by atoms with E-state index in [2.05, 4.69) is 0 Å². The largest absolute Gasteiger partial charge is 0.481 e. The van der Waals surface area contributed by atoms with Crippen molar-refractivity contribution >= 4 is 17.6 Å². The summed E-state index contributed by atoms with van der Waals surface area (Å²) in [5.74, 6) is -2.29. The van der Waals surface area contributed by atoms with E-state index in [0.29, 0.717) is 11.3 Å². The van der Waals surface area contributed by atoms with Crippen LogP contribution in [0.1, 0.15) is 12.5 Å². The molecule has 0 radical (unpaired) electrons. The highest BCUT2D eigenvalue weighted by atomic mass is 19.1. The first-order valence-electron chi connectivity index (χ1n) is 5.28. The fraction of sp³-hybridized carbons (Fsp3) is 0.333. The van der Waals surface area contributed by atoms with Gasteiger partial charge in [-0.25, -0.2) is 4.39 Å². The number of rotatable bonds is 1. The number of amides is 1. The van der Waals surface area contributed by atoms with Crippen molar-refractivity contribution < 1.29 is 19.1 Å². The minimum atomic E-state index is -0.967. The van der Waals surface area contributed by atoms with E-state index < -0.39 is 17.7 Å². The van der Waals surface area contributed by atoms with Crippen molar-refractivity contribution in [3.8, 4) is 0 Å². The molecule has 17 heavy (non-hydrogen) atoms. The molecule has 0 saturated carbocycles. The van der Waals surface area contributed by atoms with E-state index in [9.17, 15) is 14.0 Å². The van der Waals surface area contributed by atoms with E-state index in [1.807, 2.05) is 0 Å². The highest BCUT2D eigenvalue weighted by molar-refractivity contribution is 5.94. The van der Waals surface area contributed by atoms with Crippen LogP contribution in [0.4, 0.5) is 10.1 Å². The minimum Gasteiger partial charge on any atom is -0.481 e. The van der Waals surface area contributed by atoms with E-state index in [0.717, 1.165) is 0 Å². The van der Waals surface area contributed by atoms with Crippen LogP contribution in [0.3, 0.4) is 0 Å². The summed E-state index contributed by atoms with van der Waals surface area (Å²) in [7, 11) is 0. The monoisotopic (exact) mass is 237 g/mol. The number of hydrogen-bond donors (Lipinski definition) is 1. The molecular weight excluding hydrogens is 225 g/mol. The number of nitrogens with zero attached hydrogens (tertiary/aromatic N) is 1. The van der Waals surface area contributed by atoms with Gasteiger partial charge in [-0.15, -0.1) is 0 Å². The van der Waals surface area contributed by atoms with Crippen molar-refractivity contribution in [2.24, 2.45) is 5.92 Å². The van der Waals surface area contributed by atoms with Crippen molar-refractivity contribution in [3.05, 3.63) is 29.6 Å². The van der Waals surface area contributed by atoms with Gasteiger partial charge < -0.3 is 10.0 Å². The lowest BCUT2D eigenvalue weighted by molar-refractivity contribution is -0.141. The molecule has 1 heterocycles. The summed E-state index contributed by atoms with van der Waals surface area (Å²) in [5, 5.41) is 9.00. The Morgan fingerprint density at radius 2 is 2.18 bits per heavy atom. The normalized spacial score (nSPS) is 18.7. The maximum atomic E-state index is 13.1. The molecule has 1 aromatic carbocycles. The highest BCUT2D eigenvalue weighted by Gasteiger charge is 2.31. The molecule has 90 valence electrons. The second-order valence-corrected chi connectivity index (χ2v) is 4.14. The van der Waals surface area contributed by atoms with Crippen LogP contribution >= 0.6 is 0 Å². The molecule has 1 aliphatic rings. The van der Waals surface area contributed by atoms with E-state index >= 15 is 0 Å². The molecule has 1 atom stereocenters. The maximum Gasteiger partial charge on any atom is 0.308 e. The van der Waals surface area contributed by atoms with Gasteiger partial charge in [0.25, 0.3) is 0 Å². The Labute approximate surface area is 97.7 Å². The molecule has 0 spiro atoms. The smallest absolute Gasteiger partial charge is 0.308 e. The molecule has 0 aromatic heterocycles. The maximum absolute atomic E-state index is 13.1. The molecular formula is C12H12FNO3. The molecule has 2 rings (SSSR count). The summed E-state index contributed by atoms with van der Waals surface area (Å²) in [6.45, 7) is 1.51. The van der Waals surface area contributed by atoms with Crippen molar-refractivity contribution in [3.63, 3.8) is 0 Å². The van der Waals surface area contributed by atoms with Gasteiger partial charge in [-0.1, -0.05) is 0 Å². The third kappa shape index (κ3) is 2.13. The number of fused-ring (bicyclic) bond motifs is 1. The molecule has 0 fully saturated rings. The van der Waals surface area contributed by atoms with Crippen LogP contribution in [-0.4, -0.2) is 23.5 Å². The first kappa shape index (κ1) is 11.6. The summed E-state index contributed by atoms with van der Waals surface area (Å²) in [6.07, 6.45) is 0.256. The van der Waals surface area contributed by atoms with Crippen LogP contribution in [0.5, 0.6) is 0 Å². The van der Waals surface area contributed by atoms with E-state index in [1.165, 1.54) is 30.0 Å². The molecule has 1 aliphatic heterocycles. The summed E-state index contributed by atoms with van der Waals surface area (Å²) < 4.78 is 13.1. The number of carboxylic acid groups (broad SMARTS) is 1. The lowest BCUT2D eigenvalue weighted by Gasteiger charge is -2.32. The number of hydrogen-bond acceptors (Lipinski definition) is 2. The van der Waals surface area contributed by atoms with Crippen LogP contribution in [0.15, 0.2) is 18.2 Å². The summed E-state index contributed by atoms with van der Waals surface area (Å²) in [6, 6.07) is 4.08. The van der Waals surface area contributed by atoms with E-state index in [4.69, 9.17) is 5.11 Å². The SMILES string of the molecule is CC(=O)N1CC(C(=O)O)Cc2cc(F)ccc21. The molecule has 0 aliphatic carbocycles. The quantitative estimate of drug-likeness (QED) is 0.804. The highest BCUT2D eigenvalue weighted by Crippen LogP contribution is 2.30. The van der Waals surface area contributed by atoms with E-state index in [-0.39, 0.29) is 18.9 Å². The van der Waals surface area contributed by atoms with Crippen molar-refractivity contribution in [1.82, 2.24) is 0 Å². The average molecular weight is 237 g/mol. The second-order valence-electron chi connectivity index (χ2n) is 4.14. The predicted molar refractivity (Wildman–Crippen MR) is 59.3 cm³/mol. The topological polar surface area (TPSA) is 57.6 Å². The third-order valence-corrected chi connectivity index (χ3v) is 2.93. The Hall–Kier alpha value is -1.91. The number of anilines is 1. The molecule has 0 bridgehead atoms. The van der Waals surface area contributed by atoms with Crippen LogP contribution in [-0.2, 0) is 16.0 Å². The van der Waals surface area contributed by atoms with Gasteiger partial charge >= 0.3 is 5.97 Å². The van der Waals surface area contributed by atoms with Gasteiger partial charge in [-0.2, -0.15) is 0 Å². The van der Waals surface area contributed by atoms with Gasteiger partial charge in [-0.05, 0) is 30.2 Å². The molecule has 1 amide bonds. The zero-order valence-corrected chi connectivity index (χ0v) is 9.31. The van der Waals surface area contributed by atoms with E-state index in [1.54, 1.807) is 0 Å². The summed E-state index contributed by atoms with van der Waals surface area (Å²) in [5.41, 5.74) is 1.18. The number of halogens is 1. The van der Waals surface area contributed by atoms with Crippen LogP contribution in [0.25, 0.3) is 0 Å². The Morgan fingerprint density at radius 3 is 2.76 bits per heavy atom. The van der Waals surface area contributed by atoms with Crippen LogP contribution < -0.4 is 4.90 Å². The van der Waals surface area contributed by atoms with Crippen LogP contribution in [0, 0.1) is 11.7 Å². The number of carbonyl (C=O) groups excluding carboxylic acids is 1. The lowest BCUT2D eigenvalue weighted by Crippen LogP contribution is -2.41. The molecule has 1 aromatic rings. The number of carbonyl (C=O) groups is 2. The molecule has 5 heteroatoms. The first-order valence-corrected chi connectivity index (χ1v) is 5.28. The Balaban J connectivity index is 2.45. The van der Waals surface area contributed by atoms with Gasteiger partial charge in [0.05, 0.1) is 5.92 Å². The minimum absolute atomic E-state index is 0.142. The molecule has 4 nitrogen and oxygen atoms in total. The van der Waals surface area contributed by atoms with Crippen molar-refractivity contribution in [2.75, 3.05) is 11.4 Å². The summed E-state index contributed by atoms with van der Waals surface area (Å²) >= 11 is 0. The zero-order valence-electron chi connectivity index (χ0n) is 9.31. The molecule has 1 unspecified atom stereocenters. The Kier molecular flexibility index (Phi) is 2.83. The van der Waals surface area contributed by atoms with Gasteiger partial charge in [0.1, 0.15) is 5.82 Å². The fourth-order valence-corrected chi connectivity index (χ4v) is 2.09. The van der Waals surface area contributed by atoms with Gasteiger partial charge in [-0.3, -0.25) is 9.59 Å². The Morgan fingerprint density at radius 1 is 1.47 bits per heavy atom. The summed E-state index contributed by atoms with van der Waals surface area (Å²) in [4.78, 5) is 23.8. The van der Waals surface area contributed by atoms with Gasteiger partial charge in [0.2, 0.25) is 5.91 Å². The number of benzene rings is 1. The molecule has 0 saturated heterocycles. The second kappa shape index (κ2) is 4.16. The lowest BCUT2D eigenvalue weighted by atomic mass is 9.92. The molecule has 1 N–H and O–H groups in total. The average Bonchev–Trinajstić information content (AvgIpc) is 2.26. The van der Waals surface area contributed by atoms with Crippen molar-refractivity contribution in [2.45, 2.75) is 13.3 Å². The van der Waals surface area contributed by atoms with Gasteiger partial charge in [0, 0.05) is 19.2 Å². The third-order valence-electron chi connectivity index (χ3n) is 2.93. The zero-order chi connectivity index (χ0) is 12.6. The standard InChI is InChI=1S/C12H12FNO3/c1-7(15)14-6-9(12(16)17)4-8-5-10(13)2-3-11(8)14/h2-3,5,9H,4,6H2,1H3,(H,16,17). The predicted octanol–water partition coefficient (Wildman–Crippen LogP) is 1.44.